The highest BCUT2D eigenvalue weighted by atomic mass is 15.0. The second-order valence-corrected chi connectivity index (χ2v) is 16.9. The first-order chi connectivity index (χ1) is 28.7. The Morgan fingerprint density at radius 3 is 1.56 bits per heavy atom. The van der Waals surface area contributed by atoms with Crippen molar-refractivity contribution < 1.29 is 0 Å². The van der Waals surface area contributed by atoms with Crippen molar-refractivity contribution in [1.29, 1.82) is 0 Å². The van der Waals surface area contributed by atoms with Gasteiger partial charge < -0.3 is 4.57 Å². The number of hydrogen-bond acceptors (Lipinski definition) is 3. The zero-order chi connectivity index (χ0) is 39.9. The molecule has 10 aromatic rings. The maximum Gasteiger partial charge on any atom is 0.164 e. The maximum atomic E-state index is 5.11. The van der Waals surface area contributed by atoms with E-state index in [-0.39, 0.29) is 10.8 Å². The quantitative estimate of drug-likeness (QED) is 0.176. The van der Waals surface area contributed by atoms with Crippen molar-refractivity contribution in [3.8, 4) is 62.1 Å². The number of rotatable bonds is 5. The predicted molar refractivity (Wildman–Crippen MR) is 245 cm³/mol. The lowest BCUT2D eigenvalue weighted by Gasteiger charge is -2.48. The minimum Gasteiger partial charge on any atom is -0.309 e. The van der Waals surface area contributed by atoms with Crippen molar-refractivity contribution in [3.05, 3.63) is 193 Å². The van der Waals surface area contributed by atoms with Crippen LogP contribution in [0.2, 0.25) is 0 Å². The molecule has 0 bridgehead atoms. The Bertz CT molecular complexity index is 3250. The smallest absolute Gasteiger partial charge is 0.164 e. The molecule has 0 atom stereocenters. The van der Waals surface area contributed by atoms with E-state index >= 15 is 0 Å². The number of fused-ring (bicyclic) bond motifs is 7. The molecule has 8 aromatic carbocycles. The van der Waals surface area contributed by atoms with Crippen molar-refractivity contribution in [2.75, 3.05) is 0 Å². The zero-order valence-electron chi connectivity index (χ0n) is 33.6. The van der Waals surface area contributed by atoms with Gasteiger partial charge in [-0.25, -0.2) is 15.0 Å². The fourth-order valence-electron chi connectivity index (χ4n) is 9.27. The van der Waals surface area contributed by atoms with Crippen molar-refractivity contribution in [2.45, 2.75) is 38.5 Å². The van der Waals surface area contributed by atoms with Gasteiger partial charge in [-0.15, -0.1) is 0 Å². The molecule has 0 saturated carbocycles. The van der Waals surface area contributed by atoms with Gasteiger partial charge in [0.1, 0.15) is 0 Å². The molecule has 0 fully saturated rings. The molecule has 59 heavy (non-hydrogen) atoms. The summed E-state index contributed by atoms with van der Waals surface area (Å²) in [6, 6.07) is 65.1. The maximum absolute atomic E-state index is 5.11. The van der Waals surface area contributed by atoms with Crippen LogP contribution in [-0.2, 0) is 10.8 Å². The molecule has 4 heteroatoms. The highest BCUT2D eigenvalue weighted by Crippen LogP contribution is 2.56. The Morgan fingerprint density at radius 1 is 0.356 bits per heavy atom. The van der Waals surface area contributed by atoms with Crippen LogP contribution in [0.15, 0.2) is 182 Å². The molecule has 0 N–H and O–H groups in total. The standard InChI is InChI=1S/C55H42N4/c1-54(2)47-32-40-21-12-11-20-39(40)31-44(47)45-33-46-43-24-13-14-25-49(43)59(50(46)34-48(45)55(54,3)4)42-28-26-37(27-29-42)52-56-51(36-18-9-6-10-19-36)57-53(58-52)41-23-15-22-38(30-41)35-16-7-5-8-17-35/h5-34H,1-4H3. The summed E-state index contributed by atoms with van der Waals surface area (Å²) in [5.74, 6) is 1.92. The summed E-state index contributed by atoms with van der Waals surface area (Å²) in [5.41, 5.74) is 13.8. The number of aromatic nitrogens is 4. The third-order valence-corrected chi connectivity index (χ3v) is 13.2. The molecule has 0 saturated heterocycles. The van der Waals surface area contributed by atoms with Gasteiger partial charge >= 0.3 is 0 Å². The number of hydrogen-bond donors (Lipinski definition) is 0. The lowest BCUT2D eigenvalue weighted by Crippen LogP contribution is -2.43. The summed E-state index contributed by atoms with van der Waals surface area (Å²) in [4.78, 5) is 15.2. The molecule has 0 aliphatic heterocycles. The van der Waals surface area contributed by atoms with Crippen molar-refractivity contribution in [2.24, 2.45) is 0 Å². The van der Waals surface area contributed by atoms with Crippen LogP contribution < -0.4 is 0 Å². The van der Waals surface area contributed by atoms with Crippen molar-refractivity contribution in [3.63, 3.8) is 0 Å². The molecule has 11 rings (SSSR count). The van der Waals surface area contributed by atoms with Gasteiger partial charge in [0.05, 0.1) is 11.0 Å². The minimum atomic E-state index is -0.134. The van der Waals surface area contributed by atoms with E-state index in [4.69, 9.17) is 15.0 Å². The summed E-state index contributed by atoms with van der Waals surface area (Å²) in [6.07, 6.45) is 0. The average Bonchev–Trinajstić information content (AvgIpc) is 3.61. The molecule has 0 radical (unpaired) electrons. The van der Waals surface area contributed by atoms with E-state index in [1.165, 1.54) is 54.8 Å². The van der Waals surface area contributed by atoms with Gasteiger partial charge in [-0.05, 0) is 116 Å². The molecule has 0 amide bonds. The number of benzene rings is 8. The lowest BCUT2D eigenvalue weighted by molar-refractivity contribution is 0.299. The fraction of sp³-hybridized carbons (Fsp3) is 0.109. The number of para-hydroxylation sites is 1. The first-order valence-corrected chi connectivity index (χ1v) is 20.4. The van der Waals surface area contributed by atoms with E-state index in [1.54, 1.807) is 0 Å². The van der Waals surface area contributed by atoms with E-state index in [2.05, 4.69) is 190 Å². The van der Waals surface area contributed by atoms with Gasteiger partial charge in [-0.3, -0.25) is 0 Å². The van der Waals surface area contributed by atoms with Crippen LogP contribution in [0.5, 0.6) is 0 Å². The van der Waals surface area contributed by atoms with Crippen LogP contribution in [0.3, 0.4) is 0 Å². The monoisotopic (exact) mass is 758 g/mol. The van der Waals surface area contributed by atoms with Crippen LogP contribution in [0.1, 0.15) is 38.8 Å². The second kappa shape index (κ2) is 13.2. The molecular weight excluding hydrogens is 717 g/mol. The van der Waals surface area contributed by atoms with Crippen molar-refractivity contribution in [1.82, 2.24) is 19.5 Å². The molecule has 1 aliphatic rings. The van der Waals surface area contributed by atoms with E-state index in [0.29, 0.717) is 17.5 Å². The Morgan fingerprint density at radius 2 is 0.864 bits per heavy atom. The molecule has 0 spiro atoms. The molecule has 2 aromatic heterocycles. The van der Waals surface area contributed by atoms with Gasteiger partial charge in [0.2, 0.25) is 0 Å². The SMILES string of the molecule is CC1(C)c2cc3ccccc3cc2-c2cc3c4ccccc4n(-c4ccc(-c5nc(-c6ccccc6)nc(-c6cccc(-c7ccccc7)c6)n5)cc4)c3cc2C1(C)C. The third kappa shape index (κ3) is 5.55. The van der Waals surface area contributed by atoms with Crippen LogP contribution in [0.25, 0.3) is 94.7 Å². The van der Waals surface area contributed by atoms with Gasteiger partial charge in [0.15, 0.2) is 17.5 Å². The third-order valence-electron chi connectivity index (χ3n) is 13.2. The zero-order valence-corrected chi connectivity index (χ0v) is 33.6. The number of nitrogens with zero attached hydrogens (tertiary/aromatic N) is 4. The Balaban J connectivity index is 1.06. The Kier molecular flexibility index (Phi) is 7.83. The van der Waals surface area contributed by atoms with Gasteiger partial charge in [-0.2, -0.15) is 0 Å². The first-order valence-electron chi connectivity index (χ1n) is 20.4. The van der Waals surface area contributed by atoms with Crippen molar-refractivity contribution >= 4 is 32.6 Å². The molecular formula is C55H42N4. The Labute approximate surface area is 344 Å². The topological polar surface area (TPSA) is 43.6 Å². The molecule has 2 heterocycles. The van der Waals surface area contributed by atoms with Gasteiger partial charge in [0.25, 0.3) is 0 Å². The molecule has 1 aliphatic carbocycles. The summed E-state index contributed by atoms with van der Waals surface area (Å²) in [7, 11) is 0. The fourth-order valence-corrected chi connectivity index (χ4v) is 9.27. The average molecular weight is 759 g/mol. The summed E-state index contributed by atoms with van der Waals surface area (Å²) in [5, 5.41) is 5.07. The molecule has 4 nitrogen and oxygen atoms in total. The highest BCUT2D eigenvalue weighted by molar-refractivity contribution is 6.11. The predicted octanol–water partition coefficient (Wildman–Crippen LogP) is 14.0. The largest absolute Gasteiger partial charge is 0.309 e. The second-order valence-electron chi connectivity index (χ2n) is 16.9. The summed E-state index contributed by atoms with van der Waals surface area (Å²) in [6.45, 7) is 9.67. The highest BCUT2D eigenvalue weighted by Gasteiger charge is 2.46. The van der Waals surface area contributed by atoms with Crippen LogP contribution >= 0.6 is 0 Å². The normalized spacial score (nSPS) is 14.0. The molecule has 282 valence electrons. The minimum absolute atomic E-state index is 0.101. The molecule has 0 unspecified atom stereocenters. The van der Waals surface area contributed by atoms with Gasteiger partial charge in [0, 0.05) is 33.2 Å². The van der Waals surface area contributed by atoms with Crippen LogP contribution in [0.4, 0.5) is 0 Å². The lowest BCUT2D eigenvalue weighted by atomic mass is 9.55. The van der Waals surface area contributed by atoms with E-state index in [0.717, 1.165) is 33.5 Å². The van der Waals surface area contributed by atoms with Gasteiger partial charge in [-0.1, -0.05) is 149 Å². The Hall–Kier alpha value is -7.17. The first kappa shape index (κ1) is 35.0. The van der Waals surface area contributed by atoms with Crippen LogP contribution in [0, 0.1) is 0 Å². The van der Waals surface area contributed by atoms with Crippen LogP contribution in [-0.4, -0.2) is 19.5 Å². The summed E-state index contributed by atoms with van der Waals surface area (Å²) < 4.78 is 2.43. The van der Waals surface area contributed by atoms with E-state index in [1.807, 2.05) is 24.3 Å². The van der Waals surface area contributed by atoms with E-state index in [9.17, 15) is 0 Å². The van der Waals surface area contributed by atoms with E-state index < -0.39 is 0 Å². The summed E-state index contributed by atoms with van der Waals surface area (Å²) >= 11 is 0.